The number of halogens is 4. The molecule has 27 heavy (non-hydrogen) atoms. The second-order valence-corrected chi connectivity index (χ2v) is 5.88. The second-order valence-electron chi connectivity index (χ2n) is 5.88. The Morgan fingerprint density at radius 2 is 1.89 bits per heavy atom. The number of hydrogen-bond donors (Lipinski definition) is 2. The number of carbonyl (C=O) groups is 1. The highest BCUT2D eigenvalue weighted by molar-refractivity contribution is 5.95. The van der Waals surface area contributed by atoms with Gasteiger partial charge in [-0.15, -0.1) is 12.4 Å². The number of para-hydroxylation sites is 2. The first-order valence-corrected chi connectivity index (χ1v) is 7.90. The lowest BCUT2D eigenvalue weighted by Gasteiger charge is -2.13. The molecule has 1 aliphatic heterocycles. The summed E-state index contributed by atoms with van der Waals surface area (Å²) in [5.41, 5.74) is 0.150. The first kappa shape index (κ1) is 20.9. The van der Waals surface area contributed by atoms with Gasteiger partial charge in [0, 0.05) is 18.2 Å². The molecule has 2 aromatic rings. The van der Waals surface area contributed by atoms with Crippen LogP contribution in [0.25, 0.3) is 0 Å². The quantitative estimate of drug-likeness (QED) is 0.794. The van der Waals surface area contributed by atoms with Crippen LogP contribution in [-0.2, 0) is 4.79 Å². The van der Waals surface area contributed by atoms with E-state index in [0.29, 0.717) is 11.5 Å². The lowest BCUT2D eigenvalue weighted by atomic mass is 10.2. The van der Waals surface area contributed by atoms with E-state index >= 15 is 0 Å². The number of rotatable bonds is 5. The van der Waals surface area contributed by atoms with E-state index in [9.17, 15) is 18.0 Å². The molecule has 0 aromatic heterocycles. The normalized spacial score (nSPS) is 17.7. The highest BCUT2D eigenvalue weighted by Gasteiger charge is 2.42. The Labute approximate surface area is 160 Å². The molecule has 146 valence electrons. The number of benzene rings is 2. The number of amides is 1. The molecule has 0 radical (unpaired) electrons. The molecule has 3 rings (SSSR count). The molecule has 2 aromatic carbocycles. The summed E-state index contributed by atoms with van der Waals surface area (Å²) in [6.45, 7) is -0.550. The van der Waals surface area contributed by atoms with E-state index in [4.69, 9.17) is 9.47 Å². The minimum absolute atomic E-state index is 0. The molecule has 1 unspecified atom stereocenters. The SMILES string of the molecule is COc1ccccc1Oc1ccc(NC(=O)C2CC(F)(F)CN2)cc1F.Cl. The van der Waals surface area contributed by atoms with Crippen LogP contribution >= 0.6 is 12.4 Å². The van der Waals surface area contributed by atoms with Crippen molar-refractivity contribution in [3.05, 3.63) is 48.3 Å². The molecule has 9 heteroatoms. The fourth-order valence-electron chi connectivity index (χ4n) is 2.61. The first-order chi connectivity index (χ1) is 12.4. The largest absolute Gasteiger partial charge is 0.493 e. The van der Waals surface area contributed by atoms with E-state index in [1.54, 1.807) is 24.3 Å². The van der Waals surface area contributed by atoms with Gasteiger partial charge in [-0.1, -0.05) is 12.1 Å². The molecule has 1 saturated heterocycles. The van der Waals surface area contributed by atoms with Crippen LogP contribution in [0.2, 0.25) is 0 Å². The van der Waals surface area contributed by atoms with Crippen LogP contribution in [0.4, 0.5) is 18.9 Å². The van der Waals surface area contributed by atoms with Crippen LogP contribution in [0.3, 0.4) is 0 Å². The van der Waals surface area contributed by atoms with Gasteiger partial charge < -0.3 is 14.8 Å². The molecular formula is C18H18ClF3N2O3. The molecule has 2 N–H and O–H groups in total. The Bertz CT molecular complexity index is 820. The third-order valence-electron chi connectivity index (χ3n) is 3.91. The van der Waals surface area contributed by atoms with Gasteiger partial charge in [0.2, 0.25) is 5.91 Å². The Kier molecular flexibility index (Phi) is 6.56. The van der Waals surface area contributed by atoms with Crippen LogP contribution in [-0.4, -0.2) is 31.5 Å². The number of ether oxygens (including phenoxy) is 2. The fourth-order valence-corrected chi connectivity index (χ4v) is 2.61. The van der Waals surface area contributed by atoms with E-state index < -0.39 is 36.7 Å². The average Bonchev–Trinajstić information content (AvgIpc) is 2.98. The minimum atomic E-state index is -2.92. The minimum Gasteiger partial charge on any atom is -0.493 e. The van der Waals surface area contributed by atoms with Crippen molar-refractivity contribution in [2.24, 2.45) is 0 Å². The Hall–Kier alpha value is -2.45. The highest BCUT2D eigenvalue weighted by Crippen LogP contribution is 2.33. The molecule has 1 atom stereocenters. The summed E-state index contributed by atoms with van der Waals surface area (Å²) in [6.07, 6.45) is -0.587. The van der Waals surface area contributed by atoms with Crippen molar-refractivity contribution >= 4 is 24.0 Å². The number of anilines is 1. The second kappa shape index (κ2) is 8.49. The van der Waals surface area contributed by atoms with Gasteiger partial charge in [-0.05, 0) is 24.3 Å². The summed E-state index contributed by atoms with van der Waals surface area (Å²) >= 11 is 0. The maximum absolute atomic E-state index is 14.3. The number of carbonyl (C=O) groups excluding carboxylic acids is 1. The van der Waals surface area contributed by atoms with Gasteiger partial charge in [0.25, 0.3) is 5.92 Å². The molecule has 1 fully saturated rings. The maximum Gasteiger partial charge on any atom is 0.262 e. The van der Waals surface area contributed by atoms with Gasteiger partial charge in [0.05, 0.1) is 19.7 Å². The monoisotopic (exact) mass is 402 g/mol. The predicted octanol–water partition coefficient (Wildman–Crippen LogP) is 3.98. The summed E-state index contributed by atoms with van der Waals surface area (Å²) in [4.78, 5) is 12.0. The summed E-state index contributed by atoms with van der Waals surface area (Å²) in [7, 11) is 1.47. The summed E-state index contributed by atoms with van der Waals surface area (Å²) < 4.78 is 51.2. The summed E-state index contributed by atoms with van der Waals surface area (Å²) in [5.74, 6) is -3.54. The van der Waals surface area contributed by atoms with E-state index in [-0.39, 0.29) is 23.8 Å². The average molecular weight is 403 g/mol. The van der Waals surface area contributed by atoms with Crippen molar-refractivity contribution < 1.29 is 27.4 Å². The Morgan fingerprint density at radius 1 is 1.19 bits per heavy atom. The van der Waals surface area contributed by atoms with Crippen molar-refractivity contribution in [2.75, 3.05) is 19.0 Å². The topological polar surface area (TPSA) is 59.6 Å². The lowest BCUT2D eigenvalue weighted by molar-refractivity contribution is -0.118. The van der Waals surface area contributed by atoms with Crippen molar-refractivity contribution in [2.45, 2.75) is 18.4 Å². The Morgan fingerprint density at radius 3 is 2.48 bits per heavy atom. The highest BCUT2D eigenvalue weighted by atomic mass is 35.5. The van der Waals surface area contributed by atoms with Gasteiger partial charge in [0.15, 0.2) is 23.1 Å². The van der Waals surface area contributed by atoms with Crippen LogP contribution < -0.4 is 20.1 Å². The van der Waals surface area contributed by atoms with Crippen LogP contribution in [0.15, 0.2) is 42.5 Å². The van der Waals surface area contributed by atoms with E-state index in [1.807, 2.05) is 0 Å². The molecule has 1 amide bonds. The molecular weight excluding hydrogens is 385 g/mol. The van der Waals surface area contributed by atoms with Gasteiger partial charge in [0.1, 0.15) is 0 Å². The number of hydrogen-bond acceptors (Lipinski definition) is 4. The number of methoxy groups -OCH3 is 1. The zero-order chi connectivity index (χ0) is 18.7. The maximum atomic E-state index is 14.3. The number of nitrogens with one attached hydrogen (secondary N) is 2. The van der Waals surface area contributed by atoms with E-state index in [2.05, 4.69) is 10.6 Å². The third kappa shape index (κ3) is 5.05. The fraction of sp³-hybridized carbons (Fsp3) is 0.278. The predicted molar refractivity (Wildman–Crippen MR) is 96.7 cm³/mol. The van der Waals surface area contributed by atoms with Crippen molar-refractivity contribution in [1.82, 2.24) is 5.32 Å². The van der Waals surface area contributed by atoms with Crippen LogP contribution in [0, 0.1) is 5.82 Å². The molecule has 0 bridgehead atoms. The lowest BCUT2D eigenvalue weighted by Crippen LogP contribution is -2.35. The van der Waals surface area contributed by atoms with Gasteiger partial charge in [-0.2, -0.15) is 0 Å². The summed E-state index contributed by atoms with van der Waals surface area (Å²) in [6, 6.07) is 9.59. The standard InChI is InChI=1S/C18H17F3N2O3.ClH/c1-25-15-4-2-3-5-16(15)26-14-7-6-11(8-12(14)19)23-17(24)13-9-18(20,21)10-22-13;/h2-8,13,22H,9-10H2,1H3,(H,23,24);1H. The molecule has 0 aliphatic carbocycles. The first-order valence-electron chi connectivity index (χ1n) is 7.90. The molecule has 5 nitrogen and oxygen atoms in total. The van der Waals surface area contributed by atoms with Crippen LogP contribution in [0.5, 0.6) is 17.2 Å². The molecule has 0 spiro atoms. The van der Waals surface area contributed by atoms with E-state index in [1.165, 1.54) is 19.2 Å². The zero-order valence-electron chi connectivity index (χ0n) is 14.3. The molecule has 1 heterocycles. The van der Waals surface area contributed by atoms with Crippen LogP contribution in [0.1, 0.15) is 6.42 Å². The van der Waals surface area contributed by atoms with Gasteiger partial charge in [-0.3, -0.25) is 10.1 Å². The molecule has 1 aliphatic rings. The van der Waals surface area contributed by atoms with Crippen molar-refractivity contribution in [1.29, 1.82) is 0 Å². The molecule has 0 saturated carbocycles. The van der Waals surface area contributed by atoms with Crippen molar-refractivity contribution in [3.8, 4) is 17.2 Å². The van der Waals surface area contributed by atoms with E-state index in [0.717, 1.165) is 6.07 Å². The van der Waals surface area contributed by atoms with Crippen molar-refractivity contribution in [3.63, 3.8) is 0 Å². The smallest absolute Gasteiger partial charge is 0.262 e. The Balaban J connectivity index is 0.00000261. The van der Waals surface area contributed by atoms with Gasteiger partial charge in [-0.25, -0.2) is 13.2 Å². The van der Waals surface area contributed by atoms with Gasteiger partial charge >= 0.3 is 0 Å². The number of alkyl halides is 2. The third-order valence-corrected chi connectivity index (χ3v) is 3.91. The summed E-state index contributed by atoms with van der Waals surface area (Å²) in [5, 5.41) is 4.86. The zero-order valence-corrected chi connectivity index (χ0v) is 15.1.